The van der Waals surface area contributed by atoms with Crippen molar-refractivity contribution in [3.63, 3.8) is 0 Å². The number of nitrogens with one attached hydrogen (secondary N) is 2. The fourth-order valence-corrected chi connectivity index (χ4v) is 3.37. The Balaban J connectivity index is 1.34. The molecule has 4 rings (SSSR count). The highest BCUT2D eigenvalue weighted by Gasteiger charge is 2.10. The molecule has 0 unspecified atom stereocenters. The van der Waals surface area contributed by atoms with Crippen molar-refractivity contribution in [3.8, 4) is 11.3 Å². The minimum Gasteiger partial charge on any atom is -0.335 e. The summed E-state index contributed by atoms with van der Waals surface area (Å²) in [5.74, 6) is 0.430. The van der Waals surface area contributed by atoms with Crippen molar-refractivity contribution < 1.29 is 4.79 Å². The number of carbonyl (C=O) groups excluding carboxylic acids is 1. The first-order valence-electron chi connectivity index (χ1n) is 10.3. The number of pyridine rings is 1. The maximum absolute atomic E-state index is 12.4. The molecule has 1 aromatic carbocycles. The summed E-state index contributed by atoms with van der Waals surface area (Å²) in [6, 6.07) is 13.6. The highest BCUT2D eigenvalue weighted by Crippen LogP contribution is 2.18. The van der Waals surface area contributed by atoms with Gasteiger partial charge in [-0.2, -0.15) is 5.10 Å². The van der Waals surface area contributed by atoms with Crippen molar-refractivity contribution in [1.29, 1.82) is 0 Å². The molecule has 0 radical (unpaired) electrons. The Labute approximate surface area is 180 Å². The number of rotatable bonds is 7. The monoisotopic (exact) mass is 415 g/mol. The maximum Gasteiger partial charge on any atom is 0.320 e. The lowest BCUT2D eigenvalue weighted by molar-refractivity contribution is 0.248. The van der Waals surface area contributed by atoms with Crippen LogP contribution in [0, 0.1) is 0 Å². The lowest BCUT2D eigenvalue weighted by Crippen LogP contribution is -2.36. The summed E-state index contributed by atoms with van der Waals surface area (Å²) < 4.78 is 1.71. The Bertz CT molecular complexity index is 1170. The van der Waals surface area contributed by atoms with Crippen LogP contribution in [0.5, 0.6) is 0 Å². The first-order chi connectivity index (χ1) is 15.1. The van der Waals surface area contributed by atoms with Gasteiger partial charge in [-0.05, 0) is 43.9 Å². The number of anilines is 1. The fraction of sp³-hybridized carbons (Fsp3) is 0.261. The van der Waals surface area contributed by atoms with Crippen LogP contribution in [-0.4, -0.2) is 36.8 Å². The van der Waals surface area contributed by atoms with Crippen LogP contribution in [0.4, 0.5) is 10.6 Å². The van der Waals surface area contributed by atoms with Crippen molar-refractivity contribution in [1.82, 2.24) is 30.0 Å². The summed E-state index contributed by atoms with van der Waals surface area (Å²) in [6.07, 6.45) is 8.19. The van der Waals surface area contributed by atoms with Crippen LogP contribution in [-0.2, 0) is 13.5 Å². The van der Waals surface area contributed by atoms with E-state index in [4.69, 9.17) is 0 Å². The summed E-state index contributed by atoms with van der Waals surface area (Å²) in [7, 11) is 1.85. The molecule has 0 saturated heterocycles. The quantitative estimate of drug-likeness (QED) is 0.476. The summed E-state index contributed by atoms with van der Waals surface area (Å²) in [5.41, 5.74) is 3.98. The van der Waals surface area contributed by atoms with Crippen LogP contribution in [0.15, 0.2) is 61.1 Å². The molecule has 1 atom stereocenters. The smallest absolute Gasteiger partial charge is 0.320 e. The molecule has 8 heteroatoms. The Morgan fingerprint density at radius 3 is 2.71 bits per heavy atom. The summed E-state index contributed by atoms with van der Waals surface area (Å²) in [6.45, 7) is 2.00. The number of urea groups is 1. The minimum absolute atomic E-state index is 0.0566. The first kappa shape index (κ1) is 20.5. The van der Waals surface area contributed by atoms with E-state index in [0.717, 1.165) is 24.8 Å². The van der Waals surface area contributed by atoms with E-state index in [1.165, 1.54) is 5.56 Å². The molecule has 0 spiro atoms. The van der Waals surface area contributed by atoms with E-state index in [1.807, 2.05) is 38.4 Å². The Morgan fingerprint density at radius 2 is 1.94 bits per heavy atom. The van der Waals surface area contributed by atoms with Gasteiger partial charge in [-0.15, -0.1) is 0 Å². The second kappa shape index (κ2) is 9.34. The second-order valence-corrected chi connectivity index (χ2v) is 7.57. The molecule has 3 heterocycles. The van der Waals surface area contributed by atoms with Gasteiger partial charge in [-0.25, -0.2) is 14.8 Å². The number of aryl methyl sites for hydroxylation is 2. The lowest BCUT2D eigenvalue weighted by atomic mass is 10.1. The summed E-state index contributed by atoms with van der Waals surface area (Å²) >= 11 is 0. The molecule has 3 aromatic heterocycles. The third kappa shape index (κ3) is 5.42. The molecule has 31 heavy (non-hydrogen) atoms. The number of nitrogens with zero attached hydrogens (tertiary/aromatic N) is 5. The van der Waals surface area contributed by atoms with Crippen LogP contribution in [0.3, 0.4) is 0 Å². The number of fused-ring (bicyclic) bond motifs is 1. The molecule has 158 valence electrons. The van der Waals surface area contributed by atoms with E-state index < -0.39 is 0 Å². The molecular weight excluding hydrogens is 390 g/mol. The number of aromatic nitrogens is 5. The van der Waals surface area contributed by atoms with Crippen molar-refractivity contribution in [2.45, 2.75) is 32.2 Å². The highest BCUT2D eigenvalue weighted by molar-refractivity contribution is 5.89. The standard InChI is InChI=1S/C23H25N7O/c1-16(7-6-10-17-8-4-3-5-9-17)26-23(31)29-21-12-11-19-22(28-21)27-20(14-24-19)18-13-25-30(2)15-18/h3-5,8-9,11-16H,6-7,10H2,1-2H3,(H2,26,27,28,29,31)/t16-/m1/s1. The molecule has 2 amide bonds. The van der Waals surface area contributed by atoms with Crippen LogP contribution in [0.2, 0.25) is 0 Å². The van der Waals surface area contributed by atoms with Gasteiger partial charge in [0.25, 0.3) is 0 Å². The minimum atomic E-state index is -0.282. The van der Waals surface area contributed by atoms with Crippen LogP contribution in [0.25, 0.3) is 22.4 Å². The van der Waals surface area contributed by atoms with Crippen molar-refractivity contribution in [2.75, 3.05) is 5.32 Å². The molecular formula is C23H25N7O. The maximum atomic E-state index is 12.4. The number of carbonyl (C=O) groups is 1. The fourth-order valence-electron chi connectivity index (χ4n) is 3.37. The molecule has 0 bridgehead atoms. The third-order valence-electron chi connectivity index (χ3n) is 4.97. The number of amides is 2. The van der Waals surface area contributed by atoms with Gasteiger partial charge in [0.15, 0.2) is 5.65 Å². The van der Waals surface area contributed by atoms with E-state index in [1.54, 1.807) is 29.2 Å². The van der Waals surface area contributed by atoms with Crippen molar-refractivity contribution in [3.05, 3.63) is 66.6 Å². The SMILES string of the molecule is C[C@H](CCCc1ccccc1)NC(=O)Nc1ccc2ncc(-c3cnn(C)c3)nc2n1. The number of benzene rings is 1. The van der Waals surface area contributed by atoms with E-state index in [9.17, 15) is 4.79 Å². The highest BCUT2D eigenvalue weighted by atomic mass is 16.2. The van der Waals surface area contributed by atoms with Crippen LogP contribution in [0.1, 0.15) is 25.3 Å². The summed E-state index contributed by atoms with van der Waals surface area (Å²) in [5, 5.41) is 9.92. The van der Waals surface area contributed by atoms with E-state index in [-0.39, 0.29) is 12.1 Å². The van der Waals surface area contributed by atoms with E-state index in [2.05, 4.69) is 42.8 Å². The van der Waals surface area contributed by atoms with Gasteiger partial charge in [0.05, 0.1) is 18.1 Å². The molecule has 4 aromatic rings. The van der Waals surface area contributed by atoms with E-state index >= 15 is 0 Å². The largest absolute Gasteiger partial charge is 0.335 e. The predicted octanol–water partition coefficient (Wildman–Crippen LogP) is 3.96. The van der Waals surface area contributed by atoms with Crippen molar-refractivity contribution in [2.24, 2.45) is 7.05 Å². The third-order valence-corrected chi connectivity index (χ3v) is 4.97. The Morgan fingerprint density at radius 1 is 1.10 bits per heavy atom. The number of hydrogen-bond donors (Lipinski definition) is 2. The van der Waals surface area contributed by atoms with Gasteiger partial charge in [-0.1, -0.05) is 30.3 Å². The normalized spacial score (nSPS) is 11.9. The predicted molar refractivity (Wildman–Crippen MR) is 121 cm³/mol. The lowest BCUT2D eigenvalue weighted by Gasteiger charge is -2.14. The summed E-state index contributed by atoms with van der Waals surface area (Å²) in [4.78, 5) is 25.8. The average molecular weight is 416 g/mol. The van der Waals surface area contributed by atoms with Gasteiger partial charge < -0.3 is 5.32 Å². The topological polar surface area (TPSA) is 97.6 Å². The molecule has 0 fully saturated rings. The zero-order chi connectivity index (χ0) is 21.6. The molecule has 0 aliphatic heterocycles. The average Bonchev–Trinajstić information content (AvgIpc) is 3.20. The zero-order valence-corrected chi connectivity index (χ0v) is 17.6. The van der Waals surface area contributed by atoms with Gasteiger partial charge in [-0.3, -0.25) is 15.0 Å². The Hall–Kier alpha value is -3.81. The molecule has 8 nitrogen and oxygen atoms in total. The molecule has 2 N–H and O–H groups in total. The van der Waals surface area contributed by atoms with E-state index in [0.29, 0.717) is 22.7 Å². The zero-order valence-electron chi connectivity index (χ0n) is 17.6. The number of hydrogen-bond acceptors (Lipinski definition) is 5. The van der Waals surface area contributed by atoms with Gasteiger partial charge in [0, 0.05) is 24.8 Å². The second-order valence-electron chi connectivity index (χ2n) is 7.57. The molecule has 0 aliphatic rings. The van der Waals surface area contributed by atoms with Gasteiger partial charge in [0.1, 0.15) is 11.3 Å². The van der Waals surface area contributed by atoms with Gasteiger partial charge >= 0.3 is 6.03 Å². The Kier molecular flexibility index (Phi) is 6.16. The molecule has 0 aliphatic carbocycles. The molecule has 0 saturated carbocycles. The van der Waals surface area contributed by atoms with Crippen LogP contribution >= 0.6 is 0 Å². The van der Waals surface area contributed by atoms with Crippen LogP contribution < -0.4 is 10.6 Å². The van der Waals surface area contributed by atoms with Crippen molar-refractivity contribution >= 4 is 23.0 Å². The van der Waals surface area contributed by atoms with Gasteiger partial charge in [0.2, 0.25) is 0 Å². The first-order valence-corrected chi connectivity index (χ1v) is 10.3.